The number of rotatable bonds is 16. The van der Waals surface area contributed by atoms with Crippen LogP contribution in [-0.2, 0) is 0 Å². The molecule has 2 saturated heterocycles. The molecule has 2 aliphatic rings. The van der Waals surface area contributed by atoms with Crippen LogP contribution in [-0.4, -0.2) is 72.6 Å². The summed E-state index contributed by atoms with van der Waals surface area (Å²) in [6.07, 6.45) is 18.4. The highest BCUT2D eigenvalue weighted by atomic mass is 15.3. The third-order valence-corrected chi connectivity index (χ3v) is 7.94. The number of hydrogen-bond acceptors (Lipinski definition) is 3. The Balaban J connectivity index is 1.62. The van der Waals surface area contributed by atoms with E-state index in [1.807, 2.05) is 0 Å². The highest BCUT2D eigenvalue weighted by Gasteiger charge is 2.26. The first-order chi connectivity index (χ1) is 14.7. The Hall–Kier alpha value is -0.120. The summed E-state index contributed by atoms with van der Waals surface area (Å²) < 4.78 is 0. The minimum Gasteiger partial charge on any atom is -0.301 e. The van der Waals surface area contributed by atoms with E-state index in [0.717, 1.165) is 18.0 Å². The standard InChI is InChI=1S/C27H55N3/c1-5-8-14-26(15-9-6-2)24-27-16-12-19-30(27)18-11-10-17-28-20-22-29(23-21-28)25(4)13-7-3/h25-27H,5-24H2,1-4H3/t25?,27-/m0/s1. The third kappa shape index (κ3) is 9.57. The lowest BCUT2D eigenvalue weighted by Gasteiger charge is -2.38. The minimum absolute atomic E-state index is 0.780. The predicted molar refractivity (Wildman–Crippen MR) is 133 cm³/mol. The van der Waals surface area contributed by atoms with Crippen molar-refractivity contribution in [1.82, 2.24) is 14.7 Å². The smallest absolute Gasteiger partial charge is 0.0113 e. The Morgan fingerprint density at radius 3 is 2.03 bits per heavy atom. The van der Waals surface area contributed by atoms with E-state index in [9.17, 15) is 0 Å². The van der Waals surface area contributed by atoms with E-state index in [1.54, 1.807) is 0 Å². The Morgan fingerprint density at radius 1 is 0.733 bits per heavy atom. The van der Waals surface area contributed by atoms with Crippen molar-refractivity contribution in [3.63, 3.8) is 0 Å². The molecule has 0 aromatic carbocycles. The van der Waals surface area contributed by atoms with Crippen LogP contribution in [0.1, 0.15) is 111 Å². The van der Waals surface area contributed by atoms with Gasteiger partial charge in [-0.25, -0.2) is 0 Å². The molecule has 3 heteroatoms. The van der Waals surface area contributed by atoms with Gasteiger partial charge in [-0.1, -0.05) is 65.7 Å². The molecule has 0 saturated carbocycles. The average molecular weight is 422 g/mol. The van der Waals surface area contributed by atoms with Gasteiger partial charge in [0.1, 0.15) is 0 Å². The first-order valence-corrected chi connectivity index (χ1v) is 13.9. The maximum Gasteiger partial charge on any atom is 0.0113 e. The van der Waals surface area contributed by atoms with Gasteiger partial charge in [0, 0.05) is 38.3 Å². The fourth-order valence-electron chi connectivity index (χ4n) is 5.89. The van der Waals surface area contributed by atoms with E-state index in [-0.39, 0.29) is 0 Å². The second kappa shape index (κ2) is 15.6. The topological polar surface area (TPSA) is 9.72 Å². The highest BCUT2D eigenvalue weighted by Crippen LogP contribution is 2.29. The SMILES string of the molecule is CCCCC(CCCC)C[C@@H]1CCCN1CCCCN1CCN(C(C)CCC)CC1. The van der Waals surface area contributed by atoms with Crippen LogP contribution in [0.15, 0.2) is 0 Å². The molecule has 2 atom stereocenters. The van der Waals surface area contributed by atoms with Crippen LogP contribution in [0, 0.1) is 5.92 Å². The number of nitrogens with zero attached hydrogens (tertiary/aromatic N) is 3. The molecule has 178 valence electrons. The quantitative estimate of drug-likeness (QED) is 0.266. The molecule has 0 amide bonds. The summed E-state index contributed by atoms with van der Waals surface area (Å²) in [4.78, 5) is 8.31. The Morgan fingerprint density at radius 2 is 1.40 bits per heavy atom. The predicted octanol–water partition coefficient (Wildman–Crippen LogP) is 6.42. The maximum absolute atomic E-state index is 2.87. The number of likely N-dealkylation sites (tertiary alicyclic amines) is 1. The number of piperazine rings is 1. The van der Waals surface area contributed by atoms with Gasteiger partial charge < -0.3 is 9.80 Å². The molecule has 0 radical (unpaired) electrons. The van der Waals surface area contributed by atoms with Crippen molar-refractivity contribution in [2.45, 2.75) is 123 Å². The van der Waals surface area contributed by atoms with Gasteiger partial charge in [-0.3, -0.25) is 4.90 Å². The molecule has 2 rings (SSSR count). The Labute approximate surface area is 189 Å². The van der Waals surface area contributed by atoms with Gasteiger partial charge in [-0.2, -0.15) is 0 Å². The van der Waals surface area contributed by atoms with Crippen molar-refractivity contribution in [3.8, 4) is 0 Å². The van der Waals surface area contributed by atoms with Crippen LogP contribution in [0.5, 0.6) is 0 Å². The third-order valence-electron chi connectivity index (χ3n) is 7.94. The summed E-state index contributed by atoms with van der Waals surface area (Å²) >= 11 is 0. The molecule has 0 bridgehead atoms. The van der Waals surface area contributed by atoms with Crippen molar-refractivity contribution in [1.29, 1.82) is 0 Å². The molecule has 1 unspecified atom stereocenters. The highest BCUT2D eigenvalue weighted by molar-refractivity contribution is 4.82. The molecule has 0 aromatic rings. The van der Waals surface area contributed by atoms with Gasteiger partial charge in [0.05, 0.1) is 0 Å². The van der Waals surface area contributed by atoms with E-state index in [1.165, 1.54) is 129 Å². The molecule has 0 aromatic heterocycles. The fraction of sp³-hybridized carbons (Fsp3) is 1.00. The maximum atomic E-state index is 2.87. The number of unbranched alkanes of at least 4 members (excludes halogenated alkanes) is 3. The summed E-state index contributed by atoms with van der Waals surface area (Å²) in [5.41, 5.74) is 0. The zero-order chi connectivity index (χ0) is 21.6. The summed E-state index contributed by atoms with van der Waals surface area (Å²) in [7, 11) is 0. The van der Waals surface area contributed by atoms with Crippen LogP contribution in [0.3, 0.4) is 0 Å². The summed E-state index contributed by atoms with van der Waals surface area (Å²) in [5.74, 6) is 0.988. The van der Waals surface area contributed by atoms with Crippen LogP contribution < -0.4 is 0 Å². The fourth-order valence-corrected chi connectivity index (χ4v) is 5.89. The van der Waals surface area contributed by atoms with E-state index >= 15 is 0 Å². The van der Waals surface area contributed by atoms with Gasteiger partial charge in [-0.15, -0.1) is 0 Å². The molecule has 3 nitrogen and oxygen atoms in total. The first kappa shape index (κ1) is 26.1. The Bertz CT molecular complexity index is 397. The van der Waals surface area contributed by atoms with Crippen molar-refractivity contribution in [3.05, 3.63) is 0 Å². The van der Waals surface area contributed by atoms with Crippen molar-refractivity contribution < 1.29 is 0 Å². The molecule has 0 spiro atoms. The lowest BCUT2D eigenvalue weighted by Crippen LogP contribution is -2.49. The minimum atomic E-state index is 0.780. The van der Waals surface area contributed by atoms with E-state index in [2.05, 4.69) is 42.4 Å². The molecular formula is C27H55N3. The van der Waals surface area contributed by atoms with Crippen LogP contribution in [0.25, 0.3) is 0 Å². The second-order valence-electron chi connectivity index (χ2n) is 10.4. The van der Waals surface area contributed by atoms with E-state index < -0.39 is 0 Å². The monoisotopic (exact) mass is 421 g/mol. The molecule has 2 fully saturated rings. The van der Waals surface area contributed by atoms with Crippen molar-refractivity contribution in [2.75, 3.05) is 45.8 Å². The Kier molecular flexibility index (Phi) is 13.6. The molecule has 30 heavy (non-hydrogen) atoms. The second-order valence-corrected chi connectivity index (χ2v) is 10.4. The largest absolute Gasteiger partial charge is 0.301 e. The molecule has 2 aliphatic heterocycles. The van der Waals surface area contributed by atoms with E-state index in [0.29, 0.717) is 0 Å². The summed E-state index contributed by atoms with van der Waals surface area (Å²) in [6.45, 7) is 18.6. The normalized spacial score (nSPS) is 22.9. The molecule has 0 aliphatic carbocycles. The zero-order valence-corrected chi connectivity index (χ0v) is 21.2. The zero-order valence-electron chi connectivity index (χ0n) is 21.2. The lowest BCUT2D eigenvalue weighted by atomic mass is 9.89. The van der Waals surface area contributed by atoms with Gasteiger partial charge in [0.25, 0.3) is 0 Å². The lowest BCUT2D eigenvalue weighted by molar-refractivity contribution is 0.0963. The van der Waals surface area contributed by atoms with Gasteiger partial charge in [-0.05, 0) is 71.0 Å². The van der Waals surface area contributed by atoms with Crippen LogP contribution in [0.2, 0.25) is 0 Å². The molecule has 0 N–H and O–H groups in total. The average Bonchev–Trinajstić information content (AvgIpc) is 3.20. The van der Waals surface area contributed by atoms with Gasteiger partial charge in [0.2, 0.25) is 0 Å². The van der Waals surface area contributed by atoms with Gasteiger partial charge in [0.15, 0.2) is 0 Å². The van der Waals surface area contributed by atoms with Gasteiger partial charge >= 0.3 is 0 Å². The van der Waals surface area contributed by atoms with Crippen LogP contribution in [0.4, 0.5) is 0 Å². The van der Waals surface area contributed by atoms with Crippen molar-refractivity contribution in [2.24, 2.45) is 5.92 Å². The summed E-state index contributed by atoms with van der Waals surface area (Å²) in [6, 6.07) is 1.68. The number of hydrogen-bond donors (Lipinski definition) is 0. The molecule has 2 heterocycles. The van der Waals surface area contributed by atoms with E-state index in [4.69, 9.17) is 0 Å². The molecular weight excluding hydrogens is 366 g/mol. The summed E-state index contributed by atoms with van der Waals surface area (Å²) in [5, 5.41) is 0. The first-order valence-electron chi connectivity index (χ1n) is 13.9. The van der Waals surface area contributed by atoms with Crippen LogP contribution >= 0.6 is 0 Å². The van der Waals surface area contributed by atoms with Crippen molar-refractivity contribution >= 4 is 0 Å².